The number of halogens is 1. The number of nitrogens with zero attached hydrogens (tertiary/aromatic N) is 1. The molecule has 5 nitrogen and oxygen atoms in total. The predicted octanol–water partition coefficient (Wildman–Crippen LogP) is 1.41. The average Bonchev–Trinajstić information content (AvgIpc) is 3.35. The van der Waals surface area contributed by atoms with Crippen LogP contribution >= 0.6 is 12.4 Å². The predicted molar refractivity (Wildman–Crippen MR) is 85.0 cm³/mol. The molecule has 6 heteroatoms. The third-order valence-corrected chi connectivity index (χ3v) is 4.53. The number of piperazine rings is 1. The molecule has 2 atom stereocenters. The number of ether oxygens (including phenoxy) is 2. The van der Waals surface area contributed by atoms with Crippen molar-refractivity contribution >= 4 is 18.3 Å². The summed E-state index contributed by atoms with van der Waals surface area (Å²) in [6.45, 7) is 4.71. The summed E-state index contributed by atoms with van der Waals surface area (Å²) in [4.78, 5) is 14.5. The molecule has 1 N–H and O–H groups in total. The van der Waals surface area contributed by atoms with Crippen molar-refractivity contribution in [3.8, 4) is 11.5 Å². The van der Waals surface area contributed by atoms with Gasteiger partial charge in [0.25, 0.3) is 0 Å². The van der Waals surface area contributed by atoms with Crippen LogP contribution in [0.5, 0.6) is 11.5 Å². The minimum absolute atomic E-state index is 0. The summed E-state index contributed by atoms with van der Waals surface area (Å²) >= 11 is 0. The molecule has 1 amide bonds. The van der Waals surface area contributed by atoms with Gasteiger partial charge in [-0.15, -0.1) is 12.4 Å². The molecule has 1 saturated heterocycles. The number of nitrogens with one attached hydrogen (secondary N) is 1. The van der Waals surface area contributed by atoms with Crippen molar-refractivity contribution in [2.45, 2.75) is 12.3 Å². The van der Waals surface area contributed by atoms with Crippen LogP contribution < -0.4 is 14.8 Å². The zero-order valence-corrected chi connectivity index (χ0v) is 13.2. The van der Waals surface area contributed by atoms with Crippen LogP contribution in [-0.4, -0.2) is 50.2 Å². The Labute approximate surface area is 136 Å². The van der Waals surface area contributed by atoms with Gasteiger partial charge in [0.2, 0.25) is 5.91 Å². The van der Waals surface area contributed by atoms with Crippen molar-refractivity contribution in [3.05, 3.63) is 23.8 Å². The van der Waals surface area contributed by atoms with Gasteiger partial charge < -0.3 is 19.7 Å². The van der Waals surface area contributed by atoms with E-state index in [0.717, 1.165) is 44.1 Å². The van der Waals surface area contributed by atoms with E-state index in [-0.39, 0.29) is 18.3 Å². The van der Waals surface area contributed by atoms with Gasteiger partial charge in [-0.05, 0) is 30.0 Å². The van der Waals surface area contributed by atoms with E-state index in [2.05, 4.69) is 11.4 Å². The van der Waals surface area contributed by atoms with E-state index in [9.17, 15) is 4.79 Å². The molecule has 0 aromatic heterocycles. The second-order valence-electron chi connectivity index (χ2n) is 5.93. The Balaban J connectivity index is 0.00000144. The molecule has 120 valence electrons. The van der Waals surface area contributed by atoms with E-state index in [1.54, 1.807) is 0 Å². The maximum absolute atomic E-state index is 12.5. The van der Waals surface area contributed by atoms with Crippen molar-refractivity contribution in [1.82, 2.24) is 10.2 Å². The Morgan fingerprint density at radius 1 is 1.14 bits per heavy atom. The highest BCUT2D eigenvalue weighted by atomic mass is 35.5. The van der Waals surface area contributed by atoms with Gasteiger partial charge in [0.05, 0.1) is 0 Å². The molecule has 1 saturated carbocycles. The second-order valence-corrected chi connectivity index (χ2v) is 5.93. The number of fused-ring (bicyclic) bond motifs is 1. The van der Waals surface area contributed by atoms with Crippen LogP contribution in [0.3, 0.4) is 0 Å². The van der Waals surface area contributed by atoms with E-state index in [4.69, 9.17) is 9.47 Å². The summed E-state index contributed by atoms with van der Waals surface area (Å²) in [6.07, 6.45) is 0.961. The molecule has 1 aromatic carbocycles. The maximum atomic E-state index is 12.5. The Kier molecular flexibility index (Phi) is 4.45. The van der Waals surface area contributed by atoms with E-state index in [1.165, 1.54) is 5.56 Å². The largest absolute Gasteiger partial charge is 0.486 e. The molecule has 1 aromatic rings. The molecule has 4 rings (SSSR count). The van der Waals surface area contributed by atoms with Crippen molar-refractivity contribution in [1.29, 1.82) is 0 Å². The lowest BCUT2D eigenvalue weighted by Crippen LogP contribution is -2.47. The number of hydrogen-bond donors (Lipinski definition) is 1. The van der Waals surface area contributed by atoms with Gasteiger partial charge in [0.15, 0.2) is 11.5 Å². The Hall–Kier alpha value is -1.46. The maximum Gasteiger partial charge on any atom is 0.226 e. The first-order chi connectivity index (χ1) is 10.3. The van der Waals surface area contributed by atoms with E-state index < -0.39 is 0 Å². The first kappa shape index (κ1) is 15.4. The number of rotatable bonds is 2. The molecular weight excluding hydrogens is 304 g/mol. The van der Waals surface area contributed by atoms with Crippen LogP contribution in [0.4, 0.5) is 0 Å². The van der Waals surface area contributed by atoms with Crippen molar-refractivity contribution in [2.24, 2.45) is 5.92 Å². The van der Waals surface area contributed by atoms with Crippen molar-refractivity contribution in [2.75, 3.05) is 39.4 Å². The quantitative estimate of drug-likeness (QED) is 0.894. The third-order valence-electron chi connectivity index (χ3n) is 4.53. The van der Waals surface area contributed by atoms with Gasteiger partial charge in [-0.25, -0.2) is 0 Å². The SMILES string of the molecule is Cl.O=C(C1CC1c1ccc2c(c1)OCCO2)N1CCNCC1. The highest BCUT2D eigenvalue weighted by molar-refractivity contribution is 5.85. The zero-order valence-electron chi connectivity index (χ0n) is 12.4. The van der Waals surface area contributed by atoms with Crippen LogP contribution in [0.15, 0.2) is 18.2 Å². The standard InChI is InChI=1S/C16H20N2O3.ClH/c19-16(18-5-3-17-4-6-18)13-10-12(13)11-1-2-14-15(9-11)21-8-7-20-14;/h1-2,9,12-13,17H,3-8,10H2;1H. The fourth-order valence-corrected chi connectivity index (χ4v) is 3.25. The molecule has 1 aliphatic carbocycles. The number of hydrogen-bond acceptors (Lipinski definition) is 4. The minimum atomic E-state index is 0. The molecule has 2 fully saturated rings. The van der Waals surface area contributed by atoms with Gasteiger partial charge >= 0.3 is 0 Å². The molecule has 2 aliphatic heterocycles. The average molecular weight is 325 g/mol. The van der Waals surface area contributed by atoms with E-state index >= 15 is 0 Å². The Bertz CT molecular complexity index is 560. The molecule has 0 spiro atoms. The third kappa shape index (κ3) is 2.88. The monoisotopic (exact) mass is 324 g/mol. The van der Waals surface area contributed by atoms with Crippen LogP contribution in [0.1, 0.15) is 17.9 Å². The first-order valence-electron chi connectivity index (χ1n) is 7.72. The summed E-state index contributed by atoms with van der Waals surface area (Å²) < 4.78 is 11.2. The van der Waals surface area contributed by atoms with Crippen LogP contribution in [0.2, 0.25) is 0 Å². The molecule has 2 unspecified atom stereocenters. The Morgan fingerprint density at radius 3 is 2.64 bits per heavy atom. The summed E-state index contributed by atoms with van der Waals surface area (Å²) in [5.74, 6) is 2.46. The summed E-state index contributed by atoms with van der Waals surface area (Å²) in [5, 5.41) is 3.28. The fraction of sp³-hybridized carbons (Fsp3) is 0.562. The van der Waals surface area contributed by atoms with Gasteiger partial charge in [0.1, 0.15) is 13.2 Å². The fourth-order valence-electron chi connectivity index (χ4n) is 3.25. The van der Waals surface area contributed by atoms with Crippen LogP contribution in [0.25, 0.3) is 0 Å². The highest BCUT2D eigenvalue weighted by Gasteiger charge is 2.46. The van der Waals surface area contributed by atoms with Gasteiger partial charge in [0, 0.05) is 32.1 Å². The van der Waals surface area contributed by atoms with Crippen LogP contribution in [0, 0.1) is 5.92 Å². The molecule has 2 heterocycles. The van der Waals surface area contributed by atoms with Gasteiger partial charge in [-0.2, -0.15) is 0 Å². The normalized spacial score (nSPS) is 26.1. The topological polar surface area (TPSA) is 50.8 Å². The van der Waals surface area contributed by atoms with Crippen molar-refractivity contribution in [3.63, 3.8) is 0 Å². The van der Waals surface area contributed by atoms with E-state index in [0.29, 0.717) is 25.0 Å². The lowest BCUT2D eigenvalue weighted by atomic mass is 10.1. The summed E-state index contributed by atoms with van der Waals surface area (Å²) in [5.41, 5.74) is 1.20. The number of amides is 1. The van der Waals surface area contributed by atoms with Gasteiger partial charge in [-0.3, -0.25) is 4.79 Å². The second kappa shape index (κ2) is 6.34. The summed E-state index contributed by atoms with van der Waals surface area (Å²) in [6, 6.07) is 6.09. The molecule has 22 heavy (non-hydrogen) atoms. The Morgan fingerprint density at radius 2 is 1.86 bits per heavy atom. The van der Waals surface area contributed by atoms with Gasteiger partial charge in [-0.1, -0.05) is 6.07 Å². The minimum Gasteiger partial charge on any atom is -0.486 e. The first-order valence-corrected chi connectivity index (χ1v) is 7.72. The number of benzene rings is 1. The lowest BCUT2D eigenvalue weighted by Gasteiger charge is -2.27. The molecule has 0 bridgehead atoms. The summed E-state index contributed by atoms with van der Waals surface area (Å²) in [7, 11) is 0. The molecule has 0 radical (unpaired) electrons. The van der Waals surface area contributed by atoms with Crippen LogP contribution in [-0.2, 0) is 4.79 Å². The zero-order chi connectivity index (χ0) is 14.2. The molecular formula is C16H21ClN2O3. The molecule has 3 aliphatic rings. The number of carbonyl (C=O) groups is 1. The smallest absolute Gasteiger partial charge is 0.226 e. The lowest BCUT2D eigenvalue weighted by molar-refractivity contribution is -0.133. The number of carbonyl (C=O) groups excluding carboxylic acids is 1. The highest BCUT2D eigenvalue weighted by Crippen LogP contribution is 2.50. The van der Waals surface area contributed by atoms with Crippen molar-refractivity contribution < 1.29 is 14.3 Å². The van der Waals surface area contributed by atoms with E-state index in [1.807, 2.05) is 17.0 Å².